The van der Waals surface area contributed by atoms with Gasteiger partial charge in [0.1, 0.15) is 17.5 Å². The average Bonchev–Trinajstić information content (AvgIpc) is 3.27. The third-order valence-corrected chi connectivity index (χ3v) is 8.50. The van der Waals surface area contributed by atoms with Gasteiger partial charge in [0.05, 0.1) is 21.2 Å². The van der Waals surface area contributed by atoms with Gasteiger partial charge in [0.25, 0.3) is 11.5 Å². The van der Waals surface area contributed by atoms with Crippen LogP contribution in [-0.2, 0) is 21.2 Å². The van der Waals surface area contributed by atoms with Crippen LogP contribution in [0, 0.1) is 0 Å². The Kier molecular flexibility index (Phi) is 7.03. The zero-order chi connectivity index (χ0) is 27.0. The molecule has 0 aliphatic carbocycles. The lowest BCUT2D eigenvalue weighted by atomic mass is 10.0. The summed E-state index contributed by atoms with van der Waals surface area (Å²) < 4.78 is 35.2. The zero-order valence-corrected chi connectivity index (χ0v) is 21.8. The molecular weight excluding hydrogens is 555 g/mol. The number of carbonyl (C=O) groups is 1. The number of hydroxylamine groups is 1. The van der Waals surface area contributed by atoms with Crippen molar-refractivity contribution in [1.29, 1.82) is 0 Å². The Morgan fingerprint density at radius 2 is 1.76 bits per heavy atom. The first-order valence-electron chi connectivity index (χ1n) is 11.3. The number of benzene rings is 3. The molecular formula is C25H20Cl2N4O6S. The summed E-state index contributed by atoms with van der Waals surface area (Å²) in [6.45, 7) is -0.113. The molecule has 1 atom stereocenters. The average molecular weight is 575 g/mol. The number of halogens is 2. The molecule has 10 nitrogen and oxygen atoms in total. The highest BCUT2D eigenvalue weighted by Gasteiger charge is 2.43. The second-order valence-corrected chi connectivity index (χ2v) is 11.1. The highest BCUT2D eigenvalue weighted by Crippen LogP contribution is 2.35. The molecule has 0 saturated heterocycles. The number of nitrogens with one attached hydrogen (secondary N) is 2. The molecule has 3 aromatic carbocycles. The Labute approximate surface area is 227 Å². The lowest BCUT2D eigenvalue weighted by Gasteiger charge is -2.32. The van der Waals surface area contributed by atoms with Gasteiger partial charge in [-0.2, -0.15) is 4.31 Å². The quantitative estimate of drug-likeness (QED) is 0.235. The molecule has 13 heteroatoms. The van der Waals surface area contributed by atoms with Crippen LogP contribution in [0.4, 0.5) is 0 Å². The smallest absolute Gasteiger partial charge is 0.276 e. The molecule has 1 amide bonds. The van der Waals surface area contributed by atoms with Crippen molar-refractivity contribution in [3.63, 3.8) is 0 Å². The molecule has 3 N–H and O–H groups in total. The molecule has 0 saturated carbocycles. The van der Waals surface area contributed by atoms with Gasteiger partial charge in [-0.25, -0.2) is 18.6 Å². The van der Waals surface area contributed by atoms with Crippen molar-refractivity contribution in [3.8, 4) is 17.2 Å². The molecule has 2 heterocycles. The zero-order valence-electron chi connectivity index (χ0n) is 19.5. The maximum atomic E-state index is 13.7. The molecule has 1 aliphatic heterocycles. The number of aromatic amines is 1. The number of hydrogen-bond acceptors (Lipinski definition) is 6. The maximum Gasteiger partial charge on any atom is 0.276 e. The predicted molar refractivity (Wildman–Crippen MR) is 140 cm³/mol. The van der Waals surface area contributed by atoms with Crippen LogP contribution in [-0.4, -0.2) is 40.2 Å². The van der Waals surface area contributed by atoms with E-state index in [4.69, 9.17) is 27.9 Å². The molecule has 5 rings (SSSR count). The van der Waals surface area contributed by atoms with Crippen LogP contribution in [0.3, 0.4) is 0 Å². The number of amides is 1. The van der Waals surface area contributed by atoms with E-state index in [0.29, 0.717) is 32.9 Å². The van der Waals surface area contributed by atoms with E-state index in [1.54, 1.807) is 42.5 Å². The van der Waals surface area contributed by atoms with Crippen molar-refractivity contribution in [2.75, 3.05) is 6.54 Å². The number of rotatable bonds is 6. The largest absolute Gasteiger partial charge is 0.456 e. The summed E-state index contributed by atoms with van der Waals surface area (Å²) in [4.78, 5) is 26.0. The number of hydrogen-bond donors (Lipinski definition) is 3. The number of nitrogens with zero attached hydrogens (tertiary/aromatic N) is 2. The number of carbonyl (C=O) groups excluding carboxylic acids is 1. The lowest BCUT2D eigenvalue weighted by molar-refractivity contribution is -0.133. The summed E-state index contributed by atoms with van der Waals surface area (Å²) in [7, 11) is -4.29. The Morgan fingerprint density at radius 1 is 1.05 bits per heavy atom. The first kappa shape index (κ1) is 26.0. The SMILES string of the molecule is O=C(NO)C1c2c([nH]n(-c3ccccc3)c2=O)CCN1S(=O)(=O)c1ccc(Oc2cc(Cl)ccc2Cl)cc1. The highest BCUT2D eigenvalue weighted by atomic mass is 35.5. The molecule has 1 aliphatic rings. The number of aromatic nitrogens is 2. The minimum Gasteiger partial charge on any atom is -0.456 e. The molecule has 1 unspecified atom stereocenters. The highest BCUT2D eigenvalue weighted by molar-refractivity contribution is 7.89. The van der Waals surface area contributed by atoms with Crippen LogP contribution < -0.4 is 15.8 Å². The summed E-state index contributed by atoms with van der Waals surface area (Å²) in [6, 6.07) is 17.2. The second kappa shape index (κ2) is 10.3. The summed E-state index contributed by atoms with van der Waals surface area (Å²) in [5, 5.41) is 13.1. The fourth-order valence-corrected chi connectivity index (χ4v) is 6.18. The minimum atomic E-state index is -4.29. The number of sulfonamides is 1. The summed E-state index contributed by atoms with van der Waals surface area (Å²) in [5.74, 6) is -0.461. The Hall–Kier alpha value is -3.61. The monoisotopic (exact) mass is 574 g/mol. The first-order chi connectivity index (χ1) is 18.2. The molecule has 38 heavy (non-hydrogen) atoms. The second-order valence-electron chi connectivity index (χ2n) is 8.37. The van der Waals surface area contributed by atoms with Crippen LogP contribution in [0.1, 0.15) is 17.3 Å². The molecule has 0 spiro atoms. The van der Waals surface area contributed by atoms with E-state index in [2.05, 4.69) is 5.10 Å². The van der Waals surface area contributed by atoms with Crippen molar-refractivity contribution < 1.29 is 23.2 Å². The minimum absolute atomic E-state index is 0.0641. The van der Waals surface area contributed by atoms with Crippen LogP contribution in [0.15, 0.2) is 82.5 Å². The normalized spacial score (nSPS) is 15.6. The van der Waals surface area contributed by atoms with E-state index >= 15 is 0 Å². The van der Waals surface area contributed by atoms with Gasteiger partial charge in [0.2, 0.25) is 10.0 Å². The molecule has 0 fully saturated rings. The van der Waals surface area contributed by atoms with Crippen molar-refractivity contribution in [2.45, 2.75) is 17.4 Å². The van der Waals surface area contributed by atoms with Gasteiger partial charge in [0.15, 0.2) is 0 Å². The summed E-state index contributed by atoms with van der Waals surface area (Å²) in [6.07, 6.45) is 0.146. The lowest BCUT2D eigenvalue weighted by Crippen LogP contribution is -2.48. The Morgan fingerprint density at radius 3 is 2.45 bits per heavy atom. The molecule has 196 valence electrons. The molecule has 4 aromatic rings. The van der Waals surface area contributed by atoms with Crippen LogP contribution >= 0.6 is 23.2 Å². The maximum absolute atomic E-state index is 13.7. The number of H-pyrrole nitrogens is 1. The van der Waals surface area contributed by atoms with Gasteiger partial charge in [-0.3, -0.25) is 19.9 Å². The first-order valence-corrected chi connectivity index (χ1v) is 13.5. The van der Waals surface area contributed by atoms with Crippen molar-refractivity contribution in [1.82, 2.24) is 19.6 Å². The van der Waals surface area contributed by atoms with Crippen LogP contribution in [0.25, 0.3) is 5.69 Å². The van der Waals surface area contributed by atoms with Gasteiger partial charge in [-0.05, 0) is 48.5 Å². The number of ether oxygens (including phenoxy) is 1. The standard InChI is InChI=1S/C25H20Cl2N4O6S/c26-15-6-11-19(27)21(14-15)37-17-7-9-18(10-8-17)38(35,36)30-13-12-20-22(23(30)24(32)29-34)25(33)31(28-20)16-4-2-1-3-5-16/h1-11,14,23,28,34H,12-13H2,(H,29,32). The number of fused-ring (bicyclic) bond motifs is 1. The van der Waals surface area contributed by atoms with E-state index < -0.39 is 27.5 Å². The van der Waals surface area contributed by atoms with E-state index in [-0.39, 0.29) is 23.4 Å². The Balaban J connectivity index is 1.49. The number of para-hydroxylation sites is 1. The fraction of sp³-hybridized carbons (Fsp3) is 0.120. The molecule has 0 bridgehead atoms. The van der Waals surface area contributed by atoms with Crippen LogP contribution in [0.2, 0.25) is 10.0 Å². The van der Waals surface area contributed by atoms with Gasteiger partial charge >= 0.3 is 0 Å². The van der Waals surface area contributed by atoms with Gasteiger partial charge in [-0.1, -0.05) is 41.4 Å². The van der Waals surface area contributed by atoms with Gasteiger partial charge in [-0.15, -0.1) is 0 Å². The topological polar surface area (TPSA) is 134 Å². The third kappa shape index (κ3) is 4.70. The van der Waals surface area contributed by atoms with E-state index in [0.717, 1.165) is 4.31 Å². The third-order valence-electron chi connectivity index (χ3n) is 6.07. The van der Waals surface area contributed by atoms with Crippen molar-refractivity contribution in [2.24, 2.45) is 0 Å². The van der Waals surface area contributed by atoms with Gasteiger partial charge < -0.3 is 4.74 Å². The summed E-state index contributed by atoms with van der Waals surface area (Å²) in [5.41, 5.74) is 1.76. The predicted octanol–water partition coefficient (Wildman–Crippen LogP) is 4.06. The van der Waals surface area contributed by atoms with Crippen LogP contribution in [0.5, 0.6) is 11.5 Å². The molecule has 0 radical (unpaired) electrons. The van der Waals surface area contributed by atoms with Gasteiger partial charge in [0, 0.05) is 29.7 Å². The summed E-state index contributed by atoms with van der Waals surface area (Å²) >= 11 is 12.1. The van der Waals surface area contributed by atoms with Crippen molar-refractivity contribution in [3.05, 3.63) is 104 Å². The van der Waals surface area contributed by atoms with E-state index in [9.17, 15) is 23.2 Å². The molecule has 1 aromatic heterocycles. The fourth-order valence-electron chi connectivity index (χ4n) is 4.30. The van der Waals surface area contributed by atoms with E-state index in [1.165, 1.54) is 40.5 Å². The van der Waals surface area contributed by atoms with Crippen molar-refractivity contribution >= 4 is 39.1 Å². The Bertz CT molecular complexity index is 1670. The van der Waals surface area contributed by atoms with E-state index in [1.807, 2.05) is 0 Å².